The molecule has 1 aromatic rings. The number of aliphatic hydroxyl groups excluding tert-OH is 1. The largest absolute Gasteiger partial charge is 0.496 e. The van der Waals surface area contributed by atoms with E-state index in [1.165, 1.54) is 5.56 Å². The molecule has 100 valence electrons. The van der Waals surface area contributed by atoms with E-state index in [0.29, 0.717) is 6.42 Å². The Morgan fingerprint density at radius 2 is 2.39 bits per heavy atom. The van der Waals surface area contributed by atoms with Crippen LogP contribution in [0.25, 0.3) is 0 Å². The molecule has 1 heterocycles. The maximum atomic E-state index is 9.06. The lowest BCUT2D eigenvalue weighted by atomic mass is 10.0. The molecule has 18 heavy (non-hydrogen) atoms. The number of hydrogen-bond donors (Lipinski definition) is 2. The van der Waals surface area contributed by atoms with Crippen molar-refractivity contribution in [3.8, 4) is 5.75 Å². The summed E-state index contributed by atoms with van der Waals surface area (Å²) in [4.78, 5) is 0. The van der Waals surface area contributed by atoms with Crippen molar-refractivity contribution in [1.29, 1.82) is 0 Å². The van der Waals surface area contributed by atoms with Crippen molar-refractivity contribution in [1.82, 2.24) is 5.32 Å². The van der Waals surface area contributed by atoms with Crippen molar-refractivity contribution in [2.45, 2.75) is 18.9 Å². The number of morpholine rings is 1. The van der Waals surface area contributed by atoms with Crippen molar-refractivity contribution in [2.24, 2.45) is 0 Å². The number of rotatable bonds is 5. The molecular weight excluding hydrogens is 230 g/mol. The van der Waals surface area contributed by atoms with Crippen molar-refractivity contribution in [3.63, 3.8) is 0 Å². The van der Waals surface area contributed by atoms with E-state index in [1.54, 1.807) is 7.11 Å². The van der Waals surface area contributed by atoms with Crippen molar-refractivity contribution < 1.29 is 14.6 Å². The number of nitrogens with one attached hydrogen (secondary N) is 1. The summed E-state index contributed by atoms with van der Waals surface area (Å²) < 4.78 is 11.0. The fourth-order valence-corrected chi connectivity index (χ4v) is 2.29. The quantitative estimate of drug-likeness (QED) is 0.811. The average molecular weight is 251 g/mol. The number of ether oxygens (including phenoxy) is 2. The molecule has 0 aromatic heterocycles. The Labute approximate surface area is 108 Å². The van der Waals surface area contributed by atoms with Crippen LogP contribution in [0.2, 0.25) is 0 Å². The lowest BCUT2D eigenvalue weighted by Gasteiger charge is -2.24. The third-order valence-electron chi connectivity index (χ3n) is 3.19. The van der Waals surface area contributed by atoms with Gasteiger partial charge in [0, 0.05) is 19.7 Å². The van der Waals surface area contributed by atoms with E-state index in [1.807, 2.05) is 6.07 Å². The summed E-state index contributed by atoms with van der Waals surface area (Å²) in [6.45, 7) is 2.77. The first kappa shape index (κ1) is 13.3. The lowest BCUT2D eigenvalue weighted by Crippen LogP contribution is -2.39. The van der Waals surface area contributed by atoms with Gasteiger partial charge in [0.15, 0.2) is 0 Å². The smallest absolute Gasteiger partial charge is 0.122 e. The molecule has 1 atom stereocenters. The van der Waals surface area contributed by atoms with Gasteiger partial charge >= 0.3 is 0 Å². The number of benzene rings is 1. The second-order valence-electron chi connectivity index (χ2n) is 4.52. The van der Waals surface area contributed by atoms with Crippen LogP contribution < -0.4 is 10.1 Å². The Bertz CT molecular complexity index is 375. The minimum absolute atomic E-state index is 0.140. The van der Waals surface area contributed by atoms with Crippen molar-refractivity contribution in [2.75, 3.05) is 33.4 Å². The molecule has 0 bridgehead atoms. The molecule has 2 N–H and O–H groups in total. The van der Waals surface area contributed by atoms with Gasteiger partial charge < -0.3 is 19.9 Å². The van der Waals surface area contributed by atoms with E-state index in [4.69, 9.17) is 14.6 Å². The Morgan fingerprint density at radius 1 is 1.50 bits per heavy atom. The molecular formula is C14H21NO3. The zero-order valence-corrected chi connectivity index (χ0v) is 10.8. The van der Waals surface area contributed by atoms with E-state index in [9.17, 15) is 0 Å². The van der Waals surface area contributed by atoms with Gasteiger partial charge in [0.25, 0.3) is 0 Å². The molecule has 1 aliphatic rings. The number of aliphatic hydroxyl groups is 1. The summed E-state index contributed by atoms with van der Waals surface area (Å²) in [5.41, 5.74) is 2.29. The Balaban J connectivity index is 2.05. The molecule has 0 saturated carbocycles. The molecule has 1 aromatic carbocycles. The second kappa shape index (κ2) is 6.73. The second-order valence-corrected chi connectivity index (χ2v) is 4.52. The fourth-order valence-electron chi connectivity index (χ4n) is 2.29. The third kappa shape index (κ3) is 3.45. The minimum Gasteiger partial charge on any atom is -0.496 e. The highest BCUT2D eigenvalue weighted by atomic mass is 16.5. The van der Waals surface area contributed by atoms with E-state index in [0.717, 1.165) is 37.4 Å². The molecule has 4 nitrogen and oxygen atoms in total. The van der Waals surface area contributed by atoms with Crippen LogP contribution in [0, 0.1) is 0 Å². The van der Waals surface area contributed by atoms with Crippen LogP contribution in [0.4, 0.5) is 0 Å². The monoisotopic (exact) mass is 251 g/mol. The summed E-state index contributed by atoms with van der Waals surface area (Å²) >= 11 is 0. The highest BCUT2D eigenvalue weighted by Gasteiger charge is 2.14. The Hall–Kier alpha value is -1.10. The van der Waals surface area contributed by atoms with E-state index < -0.39 is 0 Å². The van der Waals surface area contributed by atoms with Gasteiger partial charge in [-0.05, 0) is 30.0 Å². The molecule has 1 saturated heterocycles. The summed E-state index contributed by atoms with van der Waals surface area (Å²) in [6, 6.07) is 6.14. The van der Waals surface area contributed by atoms with Gasteiger partial charge in [-0.3, -0.25) is 0 Å². The highest BCUT2D eigenvalue weighted by molar-refractivity contribution is 5.37. The Kier molecular flexibility index (Phi) is 4.99. The minimum atomic E-state index is 0.140. The lowest BCUT2D eigenvalue weighted by molar-refractivity contribution is 0.0292. The number of methoxy groups -OCH3 is 1. The highest BCUT2D eigenvalue weighted by Crippen LogP contribution is 2.21. The predicted molar refractivity (Wildman–Crippen MR) is 70.1 cm³/mol. The molecule has 0 amide bonds. The van der Waals surface area contributed by atoms with E-state index >= 15 is 0 Å². The molecule has 0 spiro atoms. The molecule has 0 radical (unpaired) electrons. The molecule has 1 fully saturated rings. The van der Waals surface area contributed by atoms with Gasteiger partial charge in [0.05, 0.1) is 19.8 Å². The summed E-state index contributed by atoms with van der Waals surface area (Å²) in [5.74, 6) is 0.843. The van der Waals surface area contributed by atoms with Crippen LogP contribution in [-0.2, 0) is 17.6 Å². The van der Waals surface area contributed by atoms with Gasteiger partial charge in [-0.15, -0.1) is 0 Å². The maximum Gasteiger partial charge on any atom is 0.122 e. The molecule has 0 unspecified atom stereocenters. The zero-order valence-electron chi connectivity index (χ0n) is 10.8. The van der Waals surface area contributed by atoms with E-state index in [-0.39, 0.29) is 12.7 Å². The van der Waals surface area contributed by atoms with Gasteiger partial charge in [-0.25, -0.2) is 0 Å². The SMILES string of the molecule is COc1ccc(C[C@@H]2CNCCO2)cc1CCO. The standard InChI is InChI=1S/C14H21NO3/c1-17-14-3-2-11(8-12(14)4-6-16)9-13-10-15-5-7-18-13/h2-3,8,13,15-16H,4-7,9-10H2,1H3/t13-/m1/s1. The first-order chi connectivity index (χ1) is 8.83. The molecule has 2 rings (SSSR count). The van der Waals surface area contributed by atoms with Gasteiger partial charge in [0.2, 0.25) is 0 Å². The first-order valence-electron chi connectivity index (χ1n) is 6.42. The van der Waals surface area contributed by atoms with E-state index in [2.05, 4.69) is 17.4 Å². The van der Waals surface area contributed by atoms with Crippen LogP contribution >= 0.6 is 0 Å². The van der Waals surface area contributed by atoms with Crippen LogP contribution in [0.5, 0.6) is 5.75 Å². The van der Waals surface area contributed by atoms with Crippen LogP contribution in [-0.4, -0.2) is 44.6 Å². The van der Waals surface area contributed by atoms with Crippen LogP contribution in [0.1, 0.15) is 11.1 Å². The predicted octanol–water partition coefficient (Wildman–Crippen LogP) is 0.761. The fraction of sp³-hybridized carbons (Fsp3) is 0.571. The number of hydrogen-bond acceptors (Lipinski definition) is 4. The third-order valence-corrected chi connectivity index (χ3v) is 3.19. The molecule has 1 aliphatic heterocycles. The average Bonchev–Trinajstić information content (AvgIpc) is 2.41. The van der Waals surface area contributed by atoms with Crippen LogP contribution in [0.15, 0.2) is 18.2 Å². The topological polar surface area (TPSA) is 50.7 Å². The first-order valence-corrected chi connectivity index (χ1v) is 6.42. The van der Waals surface area contributed by atoms with Gasteiger partial charge in [-0.1, -0.05) is 12.1 Å². The molecule has 4 heteroatoms. The normalized spacial score (nSPS) is 19.8. The molecule has 0 aliphatic carbocycles. The summed E-state index contributed by atoms with van der Waals surface area (Å²) in [5, 5.41) is 12.4. The van der Waals surface area contributed by atoms with Crippen LogP contribution in [0.3, 0.4) is 0 Å². The maximum absolute atomic E-state index is 9.06. The van der Waals surface area contributed by atoms with Gasteiger partial charge in [0.1, 0.15) is 5.75 Å². The zero-order chi connectivity index (χ0) is 12.8. The Morgan fingerprint density at radius 3 is 3.06 bits per heavy atom. The van der Waals surface area contributed by atoms with Crippen molar-refractivity contribution >= 4 is 0 Å². The summed E-state index contributed by atoms with van der Waals surface area (Å²) in [7, 11) is 1.66. The van der Waals surface area contributed by atoms with Crippen molar-refractivity contribution in [3.05, 3.63) is 29.3 Å². The summed E-state index contributed by atoms with van der Waals surface area (Å²) in [6.07, 6.45) is 1.77. The van der Waals surface area contributed by atoms with Gasteiger partial charge in [-0.2, -0.15) is 0 Å².